The normalized spacial score (nSPS) is 18.0. The first kappa shape index (κ1) is 20.6. The molecule has 3 rings (SSSR count). The van der Waals surface area contributed by atoms with Crippen molar-refractivity contribution in [3.63, 3.8) is 0 Å². The predicted octanol–water partition coefficient (Wildman–Crippen LogP) is 4.12. The first-order valence-electron chi connectivity index (χ1n) is 9.78. The molecule has 1 amide bonds. The number of nitrogens with zero attached hydrogens (tertiary/aromatic N) is 1. The highest BCUT2D eigenvalue weighted by atomic mass is 32.2. The van der Waals surface area contributed by atoms with Gasteiger partial charge >= 0.3 is 0 Å². The Labute approximate surface area is 167 Å². The van der Waals surface area contributed by atoms with Crippen molar-refractivity contribution in [2.45, 2.75) is 44.4 Å². The van der Waals surface area contributed by atoms with Crippen LogP contribution >= 0.6 is 0 Å². The second kappa shape index (κ2) is 8.88. The Balaban J connectivity index is 1.57. The van der Waals surface area contributed by atoms with Gasteiger partial charge in [-0.15, -0.1) is 0 Å². The van der Waals surface area contributed by atoms with Crippen LogP contribution in [0.4, 0.5) is 5.69 Å². The average molecular weight is 401 g/mol. The van der Waals surface area contributed by atoms with Crippen molar-refractivity contribution in [1.82, 2.24) is 4.31 Å². The van der Waals surface area contributed by atoms with E-state index in [0.717, 1.165) is 29.7 Å². The van der Waals surface area contributed by atoms with Gasteiger partial charge in [0.15, 0.2) is 0 Å². The topological polar surface area (TPSA) is 66.5 Å². The largest absolute Gasteiger partial charge is 0.326 e. The van der Waals surface area contributed by atoms with Crippen molar-refractivity contribution >= 4 is 21.6 Å². The maximum absolute atomic E-state index is 13.0. The van der Waals surface area contributed by atoms with Crippen molar-refractivity contribution in [2.75, 3.05) is 18.4 Å². The Morgan fingerprint density at radius 2 is 1.82 bits per heavy atom. The highest BCUT2D eigenvalue weighted by Gasteiger charge is 2.31. The van der Waals surface area contributed by atoms with E-state index in [9.17, 15) is 13.2 Å². The fourth-order valence-electron chi connectivity index (χ4n) is 3.66. The molecule has 1 aliphatic rings. The second-order valence-electron chi connectivity index (χ2n) is 7.59. The third-order valence-corrected chi connectivity index (χ3v) is 7.33. The third-order valence-electron chi connectivity index (χ3n) is 5.31. The van der Waals surface area contributed by atoms with Gasteiger partial charge in [-0.2, -0.15) is 4.31 Å². The lowest BCUT2D eigenvalue weighted by Gasteiger charge is -2.32. The molecule has 2 aromatic carbocycles. The van der Waals surface area contributed by atoms with Crippen LogP contribution < -0.4 is 5.32 Å². The van der Waals surface area contributed by atoms with E-state index >= 15 is 0 Å². The molecular formula is C22H28N2O3S. The summed E-state index contributed by atoms with van der Waals surface area (Å²) in [5.41, 5.74) is 2.71. The van der Waals surface area contributed by atoms with Gasteiger partial charge in [0.1, 0.15) is 0 Å². The molecule has 0 radical (unpaired) electrons. The molecule has 6 heteroatoms. The van der Waals surface area contributed by atoms with Gasteiger partial charge in [0, 0.05) is 25.2 Å². The van der Waals surface area contributed by atoms with Gasteiger partial charge in [-0.3, -0.25) is 4.79 Å². The van der Waals surface area contributed by atoms with E-state index in [0.29, 0.717) is 30.8 Å². The molecule has 1 atom stereocenters. The molecule has 0 saturated carbocycles. The number of benzene rings is 2. The number of hydrogen-bond acceptors (Lipinski definition) is 3. The third kappa shape index (κ3) is 5.00. The number of amides is 1. The minimum absolute atomic E-state index is 0.0252. The van der Waals surface area contributed by atoms with Crippen molar-refractivity contribution < 1.29 is 13.2 Å². The summed E-state index contributed by atoms with van der Waals surface area (Å²) in [6.45, 7) is 4.85. The molecule has 1 saturated heterocycles. The number of rotatable bonds is 6. The van der Waals surface area contributed by atoms with Crippen LogP contribution in [0.3, 0.4) is 0 Å². The van der Waals surface area contributed by atoms with Crippen LogP contribution in [0.2, 0.25) is 0 Å². The first-order chi connectivity index (χ1) is 13.4. The van der Waals surface area contributed by atoms with E-state index in [4.69, 9.17) is 0 Å². The van der Waals surface area contributed by atoms with Gasteiger partial charge in [0.05, 0.1) is 4.90 Å². The van der Waals surface area contributed by atoms with Crippen molar-refractivity contribution in [3.05, 3.63) is 59.7 Å². The molecule has 2 aromatic rings. The summed E-state index contributed by atoms with van der Waals surface area (Å²) in [6.07, 6.45) is 2.88. The van der Waals surface area contributed by atoms with Crippen molar-refractivity contribution in [3.8, 4) is 0 Å². The fraction of sp³-hybridized carbons (Fsp3) is 0.409. The number of carbonyl (C=O) groups excluding carboxylic acids is 1. The van der Waals surface area contributed by atoms with E-state index in [1.54, 1.807) is 16.4 Å². The molecule has 0 bridgehead atoms. The molecule has 5 nitrogen and oxygen atoms in total. The van der Waals surface area contributed by atoms with Gasteiger partial charge in [0.2, 0.25) is 15.9 Å². The molecule has 1 aliphatic heterocycles. The summed E-state index contributed by atoms with van der Waals surface area (Å²) >= 11 is 0. The predicted molar refractivity (Wildman–Crippen MR) is 112 cm³/mol. The van der Waals surface area contributed by atoms with Gasteiger partial charge in [-0.05, 0) is 62.8 Å². The molecule has 150 valence electrons. The number of hydrogen-bond donors (Lipinski definition) is 1. The zero-order valence-electron chi connectivity index (χ0n) is 16.5. The van der Waals surface area contributed by atoms with Gasteiger partial charge in [0.25, 0.3) is 0 Å². The molecule has 1 unspecified atom stereocenters. The Morgan fingerprint density at radius 3 is 2.54 bits per heavy atom. The Morgan fingerprint density at radius 1 is 1.11 bits per heavy atom. The molecule has 1 fully saturated rings. The molecular weight excluding hydrogens is 372 g/mol. The zero-order valence-corrected chi connectivity index (χ0v) is 17.3. The monoisotopic (exact) mass is 400 g/mol. The Bertz CT molecular complexity index is 923. The van der Waals surface area contributed by atoms with Crippen molar-refractivity contribution in [2.24, 2.45) is 5.92 Å². The maximum Gasteiger partial charge on any atom is 0.243 e. The van der Waals surface area contributed by atoms with E-state index < -0.39 is 10.0 Å². The Hall–Kier alpha value is -2.18. The fourth-order valence-corrected chi connectivity index (χ4v) is 5.44. The molecule has 0 aromatic heterocycles. The molecule has 0 aliphatic carbocycles. The summed E-state index contributed by atoms with van der Waals surface area (Å²) in [5.74, 6) is 0.180. The minimum Gasteiger partial charge on any atom is -0.326 e. The minimum atomic E-state index is -3.48. The highest BCUT2D eigenvalue weighted by Crippen LogP contribution is 2.27. The first-order valence-corrected chi connectivity index (χ1v) is 11.2. The van der Waals surface area contributed by atoms with E-state index in [1.807, 2.05) is 50.2 Å². The number of nitrogens with one attached hydrogen (secondary N) is 1. The lowest BCUT2D eigenvalue weighted by atomic mass is 9.94. The number of anilines is 1. The lowest BCUT2D eigenvalue weighted by molar-refractivity contribution is -0.116. The molecule has 1 N–H and O–H groups in total. The summed E-state index contributed by atoms with van der Waals surface area (Å²) in [5, 5.41) is 2.91. The maximum atomic E-state index is 13.0. The summed E-state index contributed by atoms with van der Waals surface area (Å²) in [6, 6.07) is 14.8. The molecule has 1 heterocycles. The van der Waals surface area contributed by atoms with Gasteiger partial charge < -0.3 is 5.32 Å². The number of carbonyl (C=O) groups is 1. The average Bonchev–Trinajstić information content (AvgIpc) is 2.69. The van der Waals surface area contributed by atoms with Crippen LogP contribution in [0.1, 0.15) is 36.8 Å². The summed E-state index contributed by atoms with van der Waals surface area (Å²) in [4.78, 5) is 12.6. The number of sulfonamides is 1. The van der Waals surface area contributed by atoms with Crippen LogP contribution in [0, 0.1) is 19.8 Å². The van der Waals surface area contributed by atoms with Crippen LogP contribution in [0.25, 0.3) is 0 Å². The second-order valence-corrected chi connectivity index (χ2v) is 9.50. The van der Waals surface area contributed by atoms with Gasteiger partial charge in [-0.25, -0.2) is 8.42 Å². The molecule has 28 heavy (non-hydrogen) atoms. The summed E-state index contributed by atoms with van der Waals surface area (Å²) in [7, 11) is -3.48. The van der Waals surface area contributed by atoms with Gasteiger partial charge in [-0.1, -0.05) is 35.9 Å². The SMILES string of the molecule is Cc1ccc(NC(=O)CCC2CCCN(S(=O)(=O)c3ccccc3C)C2)cc1. The number of aryl methyl sites for hydroxylation is 2. The Kier molecular flexibility index (Phi) is 6.52. The van der Waals surface area contributed by atoms with Crippen LogP contribution in [0.15, 0.2) is 53.4 Å². The van der Waals surface area contributed by atoms with Crippen molar-refractivity contribution in [1.29, 1.82) is 0 Å². The molecule has 0 spiro atoms. The van der Waals surface area contributed by atoms with E-state index in [1.165, 1.54) is 0 Å². The summed E-state index contributed by atoms with van der Waals surface area (Å²) < 4.78 is 27.6. The van der Waals surface area contributed by atoms with Crippen LogP contribution in [-0.2, 0) is 14.8 Å². The quantitative estimate of drug-likeness (QED) is 0.793. The number of piperidine rings is 1. The highest BCUT2D eigenvalue weighted by molar-refractivity contribution is 7.89. The standard InChI is InChI=1S/C22H28N2O3S/c1-17-9-12-20(13-10-17)23-22(25)14-11-19-7-5-15-24(16-19)28(26,27)21-8-4-3-6-18(21)2/h3-4,6,8-10,12-13,19H,5,7,11,14-16H2,1-2H3,(H,23,25). The van der Waals surface area contributed by atoms with Crippen LogP contribution in [0.5, 0.6) is 0 Å². The van der Waals surface area contributed by atoms with E-state index in [2.05, 4.69) is 5.32 Å². The van der Waals surface area contributed by atoms with E-state index in [-0.39, 0.29) is 11.8 Å². The lowest BCUT2D eigenvalue weighted by Crippen LogP contribution is -2.40. The van der Waals surface area contributed by atoms with Crippen LogP contribution in [-0.4, -0.2) is 31.7 Å². The smallest absolute Gasteiger partial charge is 0.243 e. The zero-order chi connectivity index (χ0) is 20.1.